The molecule has 11 heteroatoms. The van der Waals surface area contributed by atoms with Gasteiger partial charge in [-0.25, -0.2) is 13.4 Å². The number of halogens is 2. The van der Waals surface area contributed by atoms with E-state index in [0.717, 1.165) is 28.6 Å². The maximum Gasteiger partial charge on any atom is 0.243 e. The third-order valence-corrected chi connectivity index (χ3v) is 10.2. The molecule has 2 aromatic carbocycles. The molecule has 0 spiro atoms. The molecule has 36 heavy (non-hydrogen) atoms. The summed E-state index contributed by atoms with van der Waals surface area (Å²) in [6.07, 6.45) is 2.74. The first kappa shape index (κ1) is 25.9. The minimum atomic E-state index is -3.64. The molecule has 2 fully saturated rings. The lowest BCUT2D eigenvalue weighted by Gasteiger charge is -2.33. The van der Waals surface area contributed by atoms with Crippen molar-refractivity contribution in [3.05, 3.63) is 52.0 Å². The van der Waals surface area contributed by atoms with E-state index in [1.165, 1.54) is 27.8 Å². The molecule has 0 aliphatic carbocycles. The molecule has 0 saturated carbocycles. The number of hydrogen-bond donors (Lipinski definition) is 0. The molecule has 2 aliphatic rings. The van der Waals surface area contributed by atoms with Crippen LogP contribution in [0.5, 0.6) is 0 Å². The highest BCUT2D eigenvalue weighted by Gasteiger charge is 2.36. The Kier molecular flexibility index (Phi) is 7.59. The molecule has 1 amide bonds. The average molecular weight is 569 g/mol. The van der Waals surface area contributed by atoms with Crippen LogP contribution in [0.3, 0.4) is 0 Å². The van der Waals surface area contributed by atoms with E-state index in [4.69, 9.17) is 32.9 Å². The van der Waals surface area contributed by atoms with Crippen molar-refractivity contribution in [3.63, 3.8) is 0 Å². The molecule has 1 aromatic heterocycles. The Morgan fingerprint density at radius 2 is 1.86 bits per heavy atom. The maximum atomic E-state index is 13.8. The molecule has 7 nitrogen and oxygen atoms in total. The van der Waals surface area contributed by atoms with Crippen LogP contribution < -0.4 is 4.90 Å². The summed E-state index contributed by atoms with van der Waals surface area (Å²) in [6, 6.07) is 9.91. The summed E-state index contributed by atoms with van der Waals surface area (Å²) in [6.45, 7) is 3.66. The highest BCUT2D eigenvalue weighted by molar-refractivity contribution is 7.89. The Labute approximate surface area is 225 Å². The van der Waals surface area contributed by atoms with Gasteiger partial charge in [0.15, 0.2) is 5.13 Å². The predicted octanol–water partition coefficient (Wildman–Crippen LogP) is 5.52. The number of amides is 1. The topological polar surface area (TPSA) is 79.8 Å². The molecule has 0 N–H and O–H groups in total. The van der Waals surface area contributed by atoms with Crippen molar-refractivity contribution in [2.45, 2.75) is 43.6 Å². The fourth-order valence-electron chi connectivity index (χ4n) is 4.83. The Balaban J connectivity index is 1.35. The van der Waals surface area contributed by atoms with Crippen LogP contribution >= 0.6 is 34.5 Å². The molecule has 3 heterocycles. The number of aromatic nitrogens is 1. The molecule has 192 valence electrons. The van der Waals surface area contributed by atoms with Crippen LogP contribution in [0, 0.1) is 12.8 Å². The predicted molar refractivity (Wildman–Crippen MR) is 144 cm³/mol. The lowest BCUT2D eigenvalue weighted by atomic mass is 9.96. The second-order valence-electron chi connectivity index (χ2n) is 9.28. The number of hydrogen-bond acceptors (Lipinski definition) is 6. The molecule has 0 radical (unpaired) electrons. The first-order valence-corrected chi connectivity index (χ1v) is 15.0. The van der Waals surface area contributed by atoms with Gasteiger partial charge in [-0.2, -0.15) is 4.31 Å². The Bertz CT molecular complexity index is 1360. The van der Waals surface area contributed by atoms with Crippen molar-refractivity contribution >= 4 is 65.8 Å². The van der Waals surface area contributed by atoms with Gasteiger partial charge < -0.3 is 4.74 Å². The molecule has 0 bridgehead atoms. The largest absolute Gasteiger partial charge is 0.376 e. The third-order valence-electron chi connectivity index (χ3n) is 6.80. The van der Waals surface area contributed by atoms with Crippen LogP contribution in [-0.2, 0) is 19.6 Å². The van der Waals surface area contributed by atoms with Crippen LogP contribution in [0.2, 0.25) is 10.0 Å². The van der Waals surface area contributed by atoms with E-state index in [0.29, 0.717) is 41.2 Å². The second kappa shape index (κ2) is 10.6. The molecule has 2 aliphatic heterocycles. The first-order valence-electron chi connectivity index (χ1n) is 12.0. The lowest BCUT2D eigenvalue weighted by Crippen LogP contribution is -2.46. The molecular formula is C25H27Cl2N3O4S2. The number of piperidine rings is 1. The minimum absolute atomic E-state index is 0.0307. The molecule has 1 unspecified atom stereocenters. The SMILES string of the molecule is Cc1cc(Cl)cc2sc(N(CC3CCCO3)C(=O)C3CCN(S(=O)(=O)c4ccc(Cl)cc4)CC3)nc12. The van der Waals surface area contributed by atoms with Crippen LogP contribution in [-0.4, -0.2) is 56.0 Å². The van der Waals surface area contributed by atoms with E-state index in [1.54, 1.807) is 17.0 Å². The van der Waals surface area contributed by atoms with Crippen molar-refractivity contribution in [3.8, 4) is 0 Å². The Morgan fingerprint density at radius 3 is 2.53 bits per heavy atom. The number of aryl methyl sites for hydroxylation is 1. The summed E-state index contributed by atoms with van der Waals surface area (Å²) in [4.78, 5) is 20.6. The van der Waals surface area contributed by atoms with Gasteiger partial charge in [0, 0.05) is 35.7 Å². The van der Waals surface area contributed by atoms with Gasteiger partial charge in [0.1, 0.15) is 0 Å². The summed E-state index contributed by atoms with van der Waals surface area (Å²) in [5.74, 6) is -0.323. The highest BCUT2D eigenvalue weighted by atomic mass is 35.5. The second-order valence-corrected chi connectivity index (χ2v) is 13.1. The number of sulfonamides is 1. The van der Waals surface area contributed by atoms with E-state index in [1.807, 2.05) is 19.1 Å². The standard InChI is InChI=1S/C25H27Cl2N3O4S2/c1-16-13-19(27)14-22-23(16)28-25(35-22)30(15-20-3-2-12-34-20)24(31)17-8-10-29(11-9-17)36(32,33)21-6-4-18(26)5-7-21/h4-7,13-14,17,20H,2-3,8-12,15H2,1H3. The molecule has 1 atom stereocenters. The van der Waals surface area contributed by atoms with Gasteiger partial charge in [0.25, 0.3) is 0 Å². The maximum absolute atomic E-state index is 13.8. The number of carbonyl (C=O) groups excluding carboxylic acids is 1. The number of thiazole rings is 1. The number of benzene rings is 2. The Morgan fingerprint density at radius 1 is 1.14 bits per heavy atom. The van der Waals surface area contributed by atoms with Gasteiger partial charge >= 0.3 is 0 Å². The van der Waals surface area contributed by atoms with E-state index in [2.05, 4.69) is 0 Å². The van der Waals surface area contributed by atoms with E-state index in [9.17, 15) is 13.2 Å². The molecular weight excluding hydrogens is 541 g/mol. The number of nitrogens with zero attached hydrogens (tertiary/aromatic N) is 3. The van der Waals surface area contributed by atoms with Crippen LogP contribution in [0.25, 0.3) is 10.2 Å². The normalized spacial score (nSPS) is 19.7. The van der Waals surface area contributed by atoms with Gasteiger partial charge in [-0.1, -0.05) is 34.5 Å². The summed E-state index contributed by atoms with van der Waals surface area (Å²) in [5.41, 5.74) is 1.80. The van der Waals surface area contributed by atoms with Crippen LogP contribution in [0.4, 0.5) is 5.13 Å². The molecule has 5 rings (SSSR count). The number of carbonyl (C=O) groups is 1. The summed E-state index contributed by atoms with van der Waals surface area (Å²) >= 11 is 13.6. The van der Waals surface area contributed by atoms with Crippen molar-refractivity contribution in [1.29, 1.82) is 0 Å². The fourth-order valence-corrected chi connectivity index (χ4v) is 7.86. The van der Waals surface area contributed by atoms with Crippen molar-refractivity contribution in [2.24, 2.45) is 5.92 Å². The minimum Gasteiger partial charge on any atom is -0.376 e. The van der Waals surface area contributed by atoms with Crippen molar-refractivity contribution < 1.29 is 17.9 Å². The summed E-state index contributed by atoms with van der Waals surface area (Å²) in [7, 11) is -3.64. The summed E-state index contributed by atoms with van der Waals surface area (Å²) < 4.78 is 34.4. The third kappa shape index (κ3) is 5.28. The zero-order chi connectivity index (χ0) is 25.4. The number of anilines is 1. The van der Waals surface area contributed by atoms with Crippen molar-refractivity contribution in [2.75, 3.05) is 31.1 Å². The van der Waals surface area contributed by atoms with Gasteiger partial charge in [-0.3, -0.25) is 9.69 Å². The van der Waals surface area contributed by atoms with Gasteiger partial charge in [0.2, 0.25) is 15.9 Å². The number of fused-ring (bicyclic) bond motifs is 1. The smallest absolute Gasteiger partial charge is 0.243 e. The van der Waals surface area contributed by atoms with Gasteiger partial charge in [0.05, 0.1) is 27.8 Å². The molecule has 2 saturated heterocycles. The molecule has 3 aromatic rings. The van der Waals surface area contributed by atoms with Crippen molar-refractivity contribution in [1.82, 2.24) is 9.29 Å². The average Bonchev–Trinajstić information content (AvgIpc) is 3.52. The Hall–Kier alpha value is -1.75. The fraction of sp³-hybridized carbons (Fsp3) is 0.440. The van der Waals surface area contributed by atoms with Crippen LogP contribution in [0.15, 0.2) is 41.3 Å². The quantitative estimate of drug-likeness (QED) is 0.391. The lowest BCUT2D eigenvalue weighted by molar-refractivity contribution is -0.123. The van der Waals surface area contributed by atoms with Crippen LogP contribution in [0.1, 0.15) is 31.2 Å². The number of rotatable bonds is 6. The van der Waals surface area contributed by atoms with Gasteiger partial charge in [-0.15, -0.1) is 0 Å². The summed E-state index contributed by atoms with van der Waals surface area (Å²) in [5, 5.41) is 1.76. The van der Waals surface area contributed by atoms with E-state index < -0.39 is 10.0 Å². The van der Waals surface area contributed by atoms with E-state index >= 15 is 0 Å². The van der Waals surface area contributed by atoms with Gasteiger partial charge in [-0.05, 0) is 74.6 Å². The van der Waals surface area contributed by atoms with E-state index in [-0.39, 0.29) is 35.9 Å². The zero-order valence-corrected chi connectivity index (χ0v) is 23.0. The highest BCUT2D eigenvalue weighted by Crippen LogP contribution is 2.35. The number of ether oxygens (including phenoxy) is 1. The monoisotopic (exact) mass is 567 g/mol. The first-order chi connectivity index (χ1) is 17.2. The zero-order valence-electron chi connectivity index (χ0n) is 19.8.